The lowest BCUT2D eigenvalue weighted by atomic mass is 9.97. The Morgan fingerprint density at radius 2 is 1.70 bits per heavy atom. The molecule has 1 saturated heterocycles. The fraction of sp³-hybridized carbons (Fsp3) is 0.459. The van der Waals surface area contributed by atoms with Crippen LogP contribution >= 0.6 is 0 Å². The van der Waals surface area contributed by atoms with E-state index in [0.29, 0.717) is 25.1 Å². The number of carbonyl (C=O) groups is 2. The molecule has 3 aromatic carbocycles. The molecule has 0 aromatic heterocycles. The third-order valence-corrected chi connectivity index (χ3v) is 8.77. The van der Waals surface area contributed by atoms with E-state index < -0.39 is 6.29 Å². The highest BCUT2D eigenvalue weighted by Crippen LogP contribution is 2.39. The highest BCUT2D eigenvalue weighted by molar-refractivity contribution is 5.90. The Morgan fingerprint density at radius 1 is 0.936 bits per heavy atom. The standard InChI is InChI=1S/C37H47N3O7/c1-25(42)38-16-6-4-5-10-36(43)39-31-9-7-8-29(18-31)37-46-32(21-33(47-37)27-13-11-26(24-41)12-14-27)23-40-17-15-28-19-34(44-2)35(45-3)20-30(28)22-40/h7-9,11-14,18-20,32-33,37,41H,4-6,10,15-17,21-24H2,1-3H3,(H,38,42)(H,39,43)/t32-,33+,37+/m0/s1. The summed E-state index contributed by atoms with van der Waals surface area (Å²) in [5.41, 5.74) is 5.91. The van der Waals surface area contributed by atoms with Crippen LogP contribution in [0.4, 0.5) is 5.69 Å². The van der Waals surface area contributed by atoms with E-state index in [-0.39, 0.29) is 30.6 Å². The summed E-state index contributed by atoms with van der Waals surface area (Å²) in [5.74, 6) is 1.40. The van der Waals surface area contributed by atoms with E-state index >= 15 is 0 Å². The first-order chi connectivity index (χ1) is 22.8. The van der Waals surface area contributed by atoms with Crippen molar-refractivity contribution < 1.29 is 33.6 Å². The van der Waals surface area contributed by atoms with Gasteiger partial charge in [-0.3, -0.25) is 14.5 Å². The van der Waals surface area contributed by atoms with Gasteiger partial charge in [-0.2, -0.15) is 0 Å². The molecule has 2 aliphatic heterocycles. The van der Waals surface area contributed by atoms with Crippen molar-refractivity contribution in [2.75, 3.05) is 39.2 Å². The van der Waals surface area contributed by atoms with Crippen molar-refractivity contribution in [1.29, 1.82) is 0 Å². The molecule has 0 unspecified atom stereocenters. The molecule has 0 radical (unpaired) electrons. The van der Waals surface area contributed by atoms with Crippen LogP contribution in [-0.2, 0) is 38.6 Å². The predicted octanol–water partition coefficient (Wildman–Crippen LogP) is 5.43. The number of benzene rings is 3. The zero-order valence-corrected chi connectivity index (χ0v) is 27.6. The fourth-order valence-corrected chi connectivity index (χ4v) is 6.26. The number of hydrogen-bond donors (Lipinski definition) is 3. The molecule has 2 amide bonds. The van der Waals surface area contributed by atoms with Gasteiger partial charge >= 0.3 is 0 Å². The lowest BCUT2D eigenvalue weighted by Gasteiger charge is -2.39. The van der Waals surface area contributed by atoms with Crippen LogP contribution in [0, 0.1) is 0 Å². The second-order valence-electron chi connectivity index (χ2n) is 12.3. The summed E-state index contributed by atoms with van der Waals surface area (Å²) < 4.78 is 24.3. The summed E-state index contributed by atoms with van der Waals surface area (Å²) in [6.45, 7) is 4.54. The minimum Gasteiger partial charge on any atom is -0.493 e. The van der Waals surface area contributed by atoms with Crippen LogP contribution in [0.3, 0.4) is 0 Å². The number of aliphatic hydroxyl groups excluding tert-OH is 1. The van der Waals surface area contributed by atoms with Crippen molar-refractivity contribution in [2.24, 2.45) is 0 Å². The highest BCUT2D eigenvalue weighted by Gasteiger charge is 2.34. The highest BCUT2D eigenvalue weighted by atomic mass is 16.7. The second-order valence-corrected chi connectivity index (χ2v) is 12.3. The number of aliphatic hydroxyl groups is 1. The first-order valence-electron chi connectivity index (χ1n) is 16.5. The monoisotopic (exact) mass is 645 g/mol. The number of fused-ring (bicyclic) bond motifs is 1. The minimum absolute atomic E-state index is 0.0111. The molecule has 5 rings (SSSR count). The number of nitrogens with one attached hydrogen (secondary N) is 2. The molecule has 10 heteroatoms. The summed E-state index contributed by atoms with van der Waals surface area (Å²) in [6.07, 6.45) is 3.53. The van der Waals surface area contributed by atoms with Gasteiger partial charge in [-0.05, 0) is 65.8 Å². The van der Waals surface area contributed by atoms with Crippen LogP contribution in [0.5, 0.6) is 11.5 Å². The molecule has 0 spiro atoms. The Kier molecular flexibility index (Phi) is 12.2. The smallest absolute Gasteiger partial charge is 0.224 e. The summed E-state index contributed by atoms with van der Waals surface area (Å²) in [4.78, 5) is 26.1. The Labute approximate surface area is 277 Å². The summed E-state index contributed by atoms with van der Waals surface area (Å²) in [6, 6.07) is 19.7. The topological polar surface area (TPSA) is 119 Å². The van der Waals surface area contributed by atoms with Crippen LogP contribution in [-0.4, -0.2) is 61.8 Å². The molecule has 1 fully saturated rings. The van der Waals surface area contributed by atoms with Gasteiger partial charge < -0.3 is 34.7 Å². The third kappa shape index (κ3) is 9.54. The summed E-state index contributed by atoms with van der Waals surface area (Å²) >= 11 is 0. The molecule has 3 aromatic rings. The van der Waals surface area contributed by atoms with Gasteiger partial charge in [0.05, 0.1) is 33.0 Å². The number of methoxy groups -OCH3 is 2. The first-order valence-corrected chi connectivity index (χ1v) is 16.5. The minimum atomic E-state index is -0.622. The van der Waals surface area contributed by atoms with E-state index in [9.17, 15) is 14.7 Å². The number of ether oxygens (including phenoxy) is 4. The molecule has 2 heterocycles. The van der Waals surface area contributed by atoms with Crippen LogP contribution in [0.15, 0.2) is 60.7 Å². The van der Waals surface area contributed by atoms with Crippen molar-refractivity contribution in [3.05, 3.63) is 88.5 Å². The molecule has 10 nitrogen and oxygen atoms in total. The maximum atomic E-state index is 12.7. The van der Waals surface area contributed by atoms with E-state index in [1.807, 2.05) is 48.5 Å². The number of carbonyl (C=O) groups excluding carboxylic acids is 2. The molecule has 2 aliphatic rings. The van der Waals surface area contributed by atoms with Gasteiger partial charge in [0.2, 0.25) is 11.8 Å². The van der Waals surface area contributed by atoms with Gasteiger partial charge in [0.1, 0.15) is 0 Å². The molecule has 3 atom stereocenters. The van der Waals surface area contributed by atoms with Crippen molar-refractivity contribution in [2.45, 2.75) is 77.1 Å². The summed E-state index contributed by atoms with van der Waals surface area (Å²) in [7, 11) is 3.32. The number of hydrogen-bond acceptors (Lipinski definition) is 8. The Hall–Kier alpha value is -3.96. The fourth-order valence-electron chi connectivity index (χ4n) is 6.26. The molecule has 0 aliphatic carbocycles. The number of unbranched alkanes of at least 4 members (excludes halogenated alkanes) is 2. The normalized spacial score (nSPS) is 19.4. The Morgan fingerprint density at radius 3 is 2.43 bits per heavy atom. The van der Waals surface area contributed by atoms with E-state index in [4.69, 9.17) is 18.9 Å². The van der Waals surface area contributed by atoms with Crippen molar-refractivity contribution >= 4 is 17.5 Å². The lowest BCUT2D eigenvalue weighted by molar-refractivity contribution is -0.253. The van der Waals surface area contributed by atoms with E-state index in [0.717, 1.165) is 73.5 Å². The van der Waals surface area contributed by atoms with Gasteiger partial charge in [-0.25, -0.2) is 0 Å². The molecule has 0 saturated carbocycles. The SMILES string of the molecule is COc1cc2c(cc1OC)CN(C[C@@H]1C[C@H](c3ccc(CO)cc3)O[C@H](c3cccc(NC(=O)CCCCCNC(C)=O)c3)O1)CC2. The van der Waals surface area contributed by atoms with Gasteiger partial charge in [-0.15, -0.1) is 0 Å². The van der Waals surface area contributed by atoms with Crippen LogP contribution in [0.25, 0.3) is 0 Å². The largest absolute Gasteiger partial charge is 0.493 e. The van der Waals surface area contributed by atoms with Gasteiger partial charge in [0.15, 0.2) is 17.8 Å². The lowest BCUT2D eigenvalue weighted by Crippen LogP contribution is -2.41. The molecule has 3 N–H and O–H groups in total. The quantitative estimate of drug-likeness (QED) is 0.199. The van der Waals surface area contributed by atoms with E-state index in [2.05, 4.69) is 27.7 Å². The van der Waals surface area contributed by atoms with Crippen molar-refractivity contribution in [3.63, 3.8) is 0 Å². The van der Waals surface area contributed by atoms with Crippen molar-refractivity contribution in [1.82, 2.24) is 10.2 Å². The van der Waals surface area contributed by atoms with Crippen LogP contribution in [0.2, 0.25) is 0 Å². The molecule has 47 heavy (non-hydrogen) atoms. The number of amides is 2. The van der Waals surface area contributed by atoms with Crippen molar-refractivity contribution in [3.8, 4) is 11.5 Å². The second kappa shape index (κ2) is 16.7. The Balaban J connectivity index is 1.26. The van der Waals surface area contributed by atoms with Gasteiger partial charge in [0.25, 0.3) is 0 Å². The molecular formula is C37H47N3O7. The third-order valence-electron chi connectivity index (χ3n) is 8.77. The number of anilines is 1. The Bertz CT molecular complexity index is 1500. The number of rotatable bonds is 14. The van der Waals surface area contributed by atoms with E-state index in [1.165, 1.54) is 18.1 Å². The first kappa shape index (κ1) is 34.4. The van der Waals surface area contributed by atoms with E-state index in [1.54, 1.807) is 14.2 Å². The summed E-state index contributed by atoms with van der Waals surface area (Å²) in [5, 5.41) is 15.4. The van der Waals surface area contributed by atoms with Gasteiger partial charge in [-0.1, -0.05) is 42.8 Å². The van der Waals surface area contributed by atoms with Gasteiger partial charge in [0, 0.05) is 57.2 Å². The van der Waals surface area contributed by atoms with Crippen LogP contribution < -0.4 is 20.1 Å². The molecule has 0 bridgehead atoms. The predicted molar refractivity (Wildman–Crippen MR) is 179 cm³/mol. The van der Waals surface area contributed by atoms with Crippen LogP contribution in [0.1, 0.15) is 79.2 Å². The average molecular weight is 646 g/mol. The molecule has 252 valence electrons. The number of nitrogens with zero attached hydrogens (tertiary/aromatic N) is 1. The maximum Gasteiger partial charge on any atom is 0.224 e. The zero-order chi connectivity index (χ0) is 33.2. The molecular weight excluding hydrogens is 598 g/mol. The maximum absolute atomic E-state index is 12.7. The average Bonchev–Trinajstić information content (AvgIpc) is 3.09. The zero-order valence-electron chi connectivity index (χ0n) is 27.6.